The Kier molecular flexibility index (Phi) is 6.26. The van der Waals surface area contributed by atoms with E-state index in [2.05, 4.69) is 41.4 Å². The molecule has 0 radical (unpaired) electrons. The van der Waals surface area contributed by atoms with Crippen molar-refractivity contribution in [3.05, 3.63) is 78.1 Å². The summed E-state index contributed by atoms with van der Waals surface area (Å²) in [6.45, 7) is 3.77. The lowest BCUT2D eigenvalue weighted by Crippen LogP contribution is -2.25. The summed E-state index contributed by atoms with van der Waals surface area (Å²) in [5.41, 5.74) is 4.03. The minimum absolute atomic E-state index is 0.0344. The van der Waals surface area contributed by atoms with Crippen molar-refractivity contribution in [2.75, 3.05) is 25.0 Å². The predicted molar refractivity (Wildman–Crippen MR) is 110 cm³/mol. The van der Waals surface area contributed by atoms with Crippen molar-refractivity contribution in [1.82, 2.24) is 15.1 Å². The molecule has 3 aromatic rings. The SMILES string of the molecule is CCCN(C)c1ccc(C(=O)NCCc2ccc(-n3cccn3)cc2)cc1. The van der Waals surface area contributed by atoms with E-state index < -0.39 is 0 Å². The molecule has 5 nitrogen and oxygen atoms in total. The van der Waals surface area contributed by atoms with Gasteiger partial charge in [-0.2, -0.15) is 5.10 Å². The van der Waals surface area contributed by atoms with Crippen LogP contribution in [0.2, 0.25) is 0 Å². The number of nitrogens with one attached hydrogen (secondary N) is 1. The third-order valence-electron chi connectivity index (χ3n) is 4.53. The molecule has 1 amide bonds. The van der Waals surface area contributed by atoms with Gasteiger partial charge in [0, 0.05) is 43.8 Å². The van der Waals surface area contributed by atoms with Gasteiger partial charge in [0.15, 0.2) is 0 Å². The highest BCUT2D eigenvalue weighted by molar-refractivity contribution is 5.94. The molecule has 0 unspecified atom stereocenters. The van der Waals surface area contributed by atoms with Crippen molar-refractivity contribution in [2.24, 2.45) is 0 Å². The van der Waals surface area contributed by atoms with E-state index in [-0.39, 0.29) is 5.91 Å². The molecule has 1 aromatic heterocycles. The van der Waals surface area contributed by atoms with Crippen LogP contribution in [0.3, 0.4) is 0 Å². The highest BCUT2D eigenvalue weighted by Gasteiger charge is 2.06. The van der Waals surface area contributed by atoms with Crippen LogP contribution in [0.25, 0.3) is 5.69 Å². The van der Waals surface area contributed by atoms with E-state index in [0.29, 0.717) is 12.1 Å². The Hall–Kier alpha value is -3.08. The first-order valence-electron chi connectivity index (χ1n) is 9.35. The second-order valence-corrected chi connectivity index (χ2v) is 6.59. The number of nitrogens with zero attached hydrogens (tertiary/aromatic N) is 3. The molecule has 140 valence electrons. The van der Waals surface area contributed by atoms with E-state index in [1.165, 1.54) is 5.56 Å². The van der Waals surface area contributed by atoms with E-state index in [1.807, 2.05) is 53.3 Å². The number of rotatable bonds is 8. The molecule has 0 aliphatic carbocycles. The van der Waals surface area contributed by atoms with Crippen molar-refractivity contribution < 1.29 is 4.79 Å². The molecule has 1 heterocycles. The van der Waals surface area contributed by atoms with Crippen LogP contribution < -0.4 is 10.2 Å². The molecule has 2 aromatic carbocycles. The van der Waals surface area contributed by atoms with Gasteiger partial charge in [0.1, 0.15) is 0 Å². The van der Waals surface area contributed by atoms with E-state index in [4.69, 9.17) is 0 Å². The molecule has 0 saturated carbocycles. The Balaban J connectivity index is 1.49. The highest BCUT2D eigenvalue weighted by atomic mass is 16.1. The van der Waals surface area contributed by atoms with Gasteiger partial charge < -0.3 is 10.2 Å². The molecular weight excluding hydrogens is 336 g/mol. The van der Waals surface area contributed by atoms with Crippen LogP contribution in [-0.2, 0) is 6.42 Å². The predicted octanol–water partition coefficient (Wildman–Crippen LogP) is 3.69. The van der Waals surface area contributed by atoms with Crippen LogP contribution in [0.1, 0.15) is 29.3 Å². The molecule has 0 atom stereocenters. The summed E-state index contributed by atoms with van der Waals surface area (Å²) in [5, 5.41) is 7.21. The molecule has 1 N–H and O–H groups in total. The molecule has 0 aliphatic rings. The topological polar surface area (TPSA) is 50.2 Å². The van der Waals surface area contributed by atoms with Crippen molar-refractivity contribution >= 4 is 11.6 Å². The fourth-order valence-corrected chi connectivity index (χ4v) is 2.99. The van der Waals surface area contributed by atoms with Gasteiger partial charge in [-0.15, -0.1) is 0 Å². The van der Waals surface area contributed by atoms with Gasteiger partial charge in [-0.05, 0) is 60.9 Å². The maximum atomic E-state index is 12.3. The number of benzene rings is 2. The molecule has 27 heavy (non-hydrogen) atoms. The standard InChI is InChI=1S/C22H26N4O/c1-3-16-25(2)20-11-7-19(8-12-20)22(27)23-15-13-18-5-9-21(10-6-18)26-17-4-14-24-26/h4-12,14,17H,3,13,15-16H2,1-2H3,(H,23,27). The summed E-state index contributed by atoms with van der Waals surface area (Å²) in [6, 6.07) is 17.9. The average molecular weight is 362 g/mol. The molecular formula is C22H26N4O. The summed E-state index contributed by atoms with van der Waals surface area (Å²) in [4.78, 5) is 14.5. The van der Waals surface area contributed by atoms with Crippen molar-refractivity contribution in [3.63, 3.8) is 0 Å². The Morgan fingerprint density at radius 3 is 2.48 bits per heavy atom. The van der Waals surface area contributed by atoms with E-state index in [1.54, 1.807) is 6.20 Å². The van der Waals surface area contributed by atoms with Crippen LogP contribution >= 0.6 is 0 Å². The quantitative estimate of drug-likeness (QED) is 0.665. The van der Waals surface area contributed by atoms with E-state index in [9.17, 15) is 4.79 Å². The first-order chi connectivity index (χ1) is 13.2. The number of carbonyl (C=O) groups excluding carboxylic acids is 1. The van der Waals surface area contributed by atoms with Gasteiger partial charge in [0.05, 0.1) is 5.69 Å². The second-order valence-electron chi connectivity index (χ2n) is 6.59. The van der Waals surface area contributed by atoms with Crippen molar-refractivity contribution in [2.45, 2.75) is 19.8 Å². The Bertz CT molecular complexity index is 839. The fourth-order valence-electron chi connectivity index (χ4n) is 2.99. The first-order valence-corrected chi connectivity index (χ1v) is 9.35. The van der Waals surface area contributed by atoms with Gasteiger partial charge in [0.2, 0.25) is 0 Å². The van der Waals surface area contributed by atoms with Gasteiger partial charge >= 0.3 is 0 Å². The summed E-state index contributed by atoms with van der Waals surface area (Å²) >= 11 is 0. The van der Waals surface area contributed by atoms with E-state index >= 15 is 0 Å². The zero-order valence-electron chi connectivity index (χ0n) is 15.9. The molecule has 0 fully saturated rings. The number of aromatic nitrogens is 2. The lowest BCUT2D eigenvalue weighted by Gasteiger charge is -2.18. The number of amides is 1. The zero-order chi connectivity index (χ0) is 19.1. The molecule has 0 aliphatic heterocycles. The first kappa shape index (κ1) is 18.7. The molecule has 0 saturated heterocycles. The zero-order valence-corrected chi connectivity index (χ0v) is 15.9. The molecule has 5 heteroatoms. The lowest BCUT2D eigenvalue weighted by molar-refractivity contribution is 0.0954. The number of carbonyl (C=O) groups is 1. The van der Waals surface area contributed by atoms with Crippen LogP contribution in [0.5, 0.6) is 0 Å². The normalized spacial score (nSPS) is 10.6. The fraction of sp³-hybridized carbons (Fsp3) is 0.273. The van der Waals surface area contributed by atoms with Crippen LogP contribution in [0, 0.1) is 0 Å². The number of hydrogen-bond acceptors (Lipinski definition) is 3. The van der Waals surface area contributed by atoms with Crippen molar-refractivity contribution in [3.8, 4) is 5.69 Å². The van der Waals surface area contributed by atoms with Crippen LogP contribution in [0.15, 0.2) is 67.0 Å². The lowest BCUT2D eigenvalue weighted by atomic mass is 10.1. The van der Waals surface area contributed by atoms with Crippen molar-refractivity contribution in [1.29, 1.82) is 0 Å². The Morgan fingerprint density at radius 1 is 1.11 bits per heavy atom. The number of hydrogen-bond donors (Lipinski definition) is 1. The summed E-state index contributed by atoms with van der Waals surface area (Å²) < 4.78 is 1.83. The summed E-state index contributed by atoms with van der Waals surface area (Å²) in [5.74, 6) is -0.0344. The Labute approximate surface area is 160 Å². The van der Waals surface area contributed by atoms with Gasteiger partial charge in [-0.1, -0.05) is 19.1 Å². The van der Waals surface area contributed by atoms with Crippen LogP contribution in [-0.4, -0.2) is 35.8 Å². The minimum Gasteiger partial charge on any atom is -0.375 e. The molecule has 0 bridgehead atoms. The third-order valence-corrected chi connectivity index (χ3v) is 4.53. The maximum absolute atomic E-state index is 12.3. The van der Waals surface area contributed by atoms with Gasteiger partial charge in [0.25, 0.3) is 5.91 Å². The van der Waals surface area contributed by atoms with Crippen LogP contribution in [0.4, 0.5) is 5.69 Å². The number of anilines is 1. The largest absolute Gasteiger partial charge is 0.375 e. The molecule has 3 rings (SSSR count). The second kappa shape index (κ2) is 9.03. The average Bonchev–Trinajstić information content (AvgIpc) is 3.23. The third kappa shape index (κ3) is 4.97. The van der Waals surface area contributed by atoms with Gasteiger partial charge in [-0.3, -0.25) is 4.79 Å². The van der Waals surface area contributed by atoms with Gasteiger partial charge in [-0.25, -0.2) is 4.68 Å². The minimum atomic E-state index is -0.0344. The summed E-state index contributed by atoms with van der Waals surface area (Å²) in [6.07, 6.45) is 5.57. The highest BCUT2D eigenvalue weighted by Crippen LogP contribution is 2.14. The molecule has 0 spiro atoms. The smallest absolute Gasteiger partial charge is 0.251 e. The maximum Gasteiger partial charge on any atom is 0.251 e. The summed E-state index contributed by atoms with van der Waals surface area (Å²) in [7, 11) is 2.07. The monoisotopic (exact) mass is 362 g/mol. The van der Waals surface area contributed by atoms with E-state index in [0.717, 1.165) is 30.8 Å². The Morgan fingerprint density at radius 2 is 1.85 bits per heavy atom.